The van der Waals surface area contributed by atoms with Gasteiger partial charge >= 0.3 is 0 Å². The number of carbonyl (C=O) groups excluding carboxylic acids is 1. The summed E-state index contributed by atoms with van der Waals surface area (Å²) >= 11 is 0. The summed E-state index contributed by atoms with van der Waals surface area (Å²) < 4.78 is 17.2. The fourth-order valence-corrected chi connectivity index (χ4v) is 5.07. The lowest BCUT2D eigenvalue weighted by atomic mass is 9.85. The normalized spacial score (nSPS) is 15.3. The SMILES string of the molecule is C=C(C)CC1c2cc(OC)c(OC)cc2CCN1C(=O)c1ccc(Cc2cc(C(C)(C)C)ccc2C)o1. The van der Waals surface area contributed by atoms with Gasteiger partial charge in [0.15, 0.2) is 17.3 Å². The van der Waals surface area contributed by atoms with E-state index in [9.17, 15) is 4.79 Å². The average Bonchev–Trinajstić information content (AvgIpc) is 3.32. The number of hydrogen-bond acceptors (Lipinski definition) is 4. The van der Waals surface area contributed by atoms with Crippen LogP contribution in [0.1, 0.15) is 84.3 Å². The number of ether oxygens (including phenoxy) is 2. The summed E-state index contributed by atoms with van der Waals surface area (Å²) in [5, 5.41) is 0. The Labute approximate surface area is 221 Å². The molecule has 0 saturated carbocycles. The molecule has 0 bridgehead atoms. The quantitative estimate of drug-likeness (QED) is 0.321. The van der Waals surface area contributed by atoms with Gasteiger partial charge in [-0.2, -0.15) is 0 Å². The Morgan fingerprint density at radius 2 is 1.78 bits per heavy atom. The van der Waals surface area contributed by atoms with Crippen LogP contribution in [0.2, 0.25) is 0 Å². The Morgan fingerprint density at radius 3 is 2.43 bits per heavy atom. The van der Waals surface area contributed by atoms with Gasteiger partial charge in [-0.1, -0.05) is 44.5 Å². The fourth-order valence-electron chi connectivity index (χ4n) is 5.07. The van der Waals surface area contributed by atoms with Crippen LogP contribution in [0.5, 0.6) is 11.5 Å². The number of hydrogen-bond donors (Lipinski definition) is 0. The summed E-state index contributed by atoms with van der Waals surface area (Å²) in [5.41, 5.74) is 7.05. The van der Waals surface area contributed by atoms with Crippen LogP contribution in [0.15, 0.2) is 59.0 Å². The maximum atomic E-state index is 13.7. The van der Waals surface area contributed by atoms with Gasteiger partial charge in [0.2, 0.25) is 0 Å². The largest absolute Gasteiger partial charge is 0.493 e. The third kappa shape index (κ3) is 5.61. The molecule has 2 heterocycles. The van der Waals surface area contributed by atoms with Crippen molar-refractivity contribution in [3.8, 4) is 11.5 Å². The van der Waals surface area contributed by atoms with Crippen molar-refractivity contribution in [3.63, 3.8) is 0 Å². The monoisotopic (exact) mass is 501 g/mol. The smallest absolute Gasteiger partial charge is 0.290 e. The minimum absolute atomic E-state index is 0.0717. The molecule has 1 unspecified atom stereocenters. The third-order valence-electron chi connectivity index (χ3n) is 7.26. The van der Waals surface area contributed by atoms with Gasteiger partial charge in [-0.05, 0) is 84.2 Å². The zero-order chi connectivity index (χ0) is 26.9. The van der Waals surface area contributed by atoms with E-state index >= 15 is 0 Å². The van der Waals surface area contributed by atoms with Crippen molar-refractivity contribution in [2.45, 2.75) is 65.3 Å². The van der Waals surface area contributed by atoms with E-state index in [1.807, 2.05) is 36.1 Å². The second-order valence-electron chi connectivity index (χ2n) is 11.2. The summed E-state index contributed by atoms with van der Waals surface area (Å²) in [4.78, 5) is 15.7. The maximum Gasteiger partial charge on any atom is 0.290 e. The topological polar surface area (TPSA) is 51.9 Å². The van der Waals surface area contributed by atoms with Crippen molar-refractivity contribution < 1.29 is 18.7 Å². The molecule has 0 N–H and O–H groups in total. The zero-order valence-corrected chi connectivity index (χ0v) is 23.2. The van der Waals surface area contributed by atoms with Gasteiger partial charge in [-0.15, -0.1) is 6.58 Å². The molecule has 1 aliphatic rings. The molecule has 0 radical (unpaired) electrons. The Morgan fingerprint density at radius 1 is 1.08 bits per heavy atom. The standard InChI is InChI=1S/C32H39NO4/c1-20(2)15-27-26-19-30(36-8)29(35-7)18-22(26)13-14-33(27)31(34)28-12-11-25(37-28)17-23-16-24(32(4,5)6)10-9-21(23)3/h9-12,16,18-19,27H,1,13-15,17H2,2-8H3. The molecule has 1 aromatic heterocycles. The van der Waals surface area contributed by atoms with E-state index in [4.69, 9.17) is 13.9 Å². The van der Waals surface area contributed by atoms with E-state index in [2.05, 4.69) is 52.5 Å². The summed E-state index contributed by atoms with van der Waals surface area (Å²) in [7, 11) is 3.27. The molecule has 5 nitrogen and oxygen atoms in total. The van der Waals surface area contributed by atoms with E-state index in [-0.39, 0.29) is 17.4 Å². The highest BCUT2D eigenvalue weighted by Crippen LogP contribution is 2.41. The predicted molar refractivity (Wildman–Crippen MR) is 148 cm³/mol. The second kappa shape index (κ2) is 10.5. The molecule has 2 aromatic carbocycles. The van der Waals surface area contributed by atoms with Gasteiger partial charge in [-0.3, -0.25) is 4.79 Å². The van der Waals surface area contributed by atoms with Crippen LogP contribution in [0.3, 0.4) is 0 Å². The summed E-state index contributed by atoms with van der Waals surface area (Å²) in [5.74, 6) is 2.43. The van der Waals surface area contributed by atoms with Gasteiger partial charge in [0, 0.05) is 13.0 Å². The number of carbonyl (C=O) groups is 1. The van der Waals surface area contributed by atoms with Crippen LogP contribution in [-0.2, 0) is 18.3 Å². The highest BCUT2D eigenvalue weighted by atomic mass is 16.5. The molecule has 0 saturated heterocycles. The number of nitrogens with zero attached hydrogens (tertiary/aromatic N) is 1. The molecule has 3 aromatic rings. The number of aryl methyl sites for hydroxylation is 1. The van der Waals surface area contributed by atoms with Crippen molar-refractivity contribution in [2.75, 3.05) is 20.8 Å². The molecular weight excluding hydrogens is 462 g/mol. The van der Waals surface area contributed by atoms with Gasteiger partial charge in [-0.25, -0.2) is 0 Å². The van der Waals surface area contributed by atoms with E-state index in [1.54, 1.807) is 14.2 Å². The van der Waals surface area contributed by atoms with Crippen molar-refractivity contribution in [2.24, 2.45) is 0 Å². The van der Waals surface area contributed by atoms with Crippen molar-refractivity contribution >= 4 is 5.91 Å². The minimum atomic E-state index is -0.146. The van der Waals surface area contributed by atoms with Crippen LogP contribution in [0, 0.1) is 6.92 Å². The Hall–Kier alpha value is -3.47. The molecule has 0 fully saturated rings. The van der Waals surface area contributed by atoms with Crippen LogP contribution in [0.4, 0.5) is 0 Å². The minimum Gasteiger partial charge on any atom is -0.493 e. The lowest BCUT2D eigenvalue weighted by molar-refractivity contribution is 0.0625. The highest BCUT2D eigenvalue weighted by molar-refractivity contribution is 5.92. The van der Waals surface area contributed by atoms with E-state index in [1.165, 1.54) is 22.3 Å². The molecule has 4 rings (SSSR count). The predicted octanol–water partition coefficient (Wildman–Crippen LogP) is 7.20. The molecule has 0 aliphatic carbocycles. The molecule has 5 heteroatoms. The summed E-state index contributed by atoms with van der Waals surface area (Å²) in [6, 6.07) is 14.2. The maximum absolute atomic E-state index is 13.7. The van der Waals surface area contributed by atoms with Gasteiger partial charge < -0.3 is 18.8 Å². The van der Waals surface area contributed by atoms with Crippen molar-refractivity contribution in [1.82, 2.24) is 4.90 Å². The Balaban J connectivity index is 1.61. The molecule has 37 heavy (non-hydrogen) atoms. The first-order valence-corrected chi connectivity index (χ1v) is 12.9. The molecule has 1 aliphatic heterocycles. The molecule has 0 spiro atoms. The lowest BCUT2D eigenvalue weighted by Crippen LogP contribution is -2.40. The van der Waals surface area contributed by atoms with E-state index in [0.717, 1.165) is 23.3 Å². The molecule has 1 amide bonds. The van der Waals surface area contributed by atoms with Crippen molar-refractivity contribution in [1.29, 1.82) is 0 Å². The molecule has 196 valence electrons. The van der Waals surface area contributed by atoms with Gasteiger partial charge in [0.05, 0.1) is 20.3 Å². The molecular formula is C32H39NO4. The van der Waals surface area contributed by atoms with Crippen LogP contribution < -0.4 is 9.47 Å². The van der Waals surface area contributed by atoms with E-state index in [0.29, 0.717) is 36.6 Å². The average molecular weight is 502 g/mol. The van der Waals surface area contributed by atoms with Crippen LogP contribution >= 0.6 is 0 Å². The summed E-state index contributed by atoms with van der Waals surface area (Å²) in [6.07, 6.45) is 2.05. The summed E-state index contributed by atoms with van der Waals surface area (Å²) in [6.45, 7) is 15.5. The zero-order valence-electron chi connectivity index (χ0n) is 23.2. The third-order valence-corrected chi connectivity index (χ3v) is 7.26. The number of methoxy groups -OCH3 is 2. The second-order valence-corrected chi connectivity index (χ2v) is 11.2. The molecule has 1 atom stereocenters. The first-order chi connectivity index (χ1) is 17.5. The highest BCUT2D eigenvalue weighted by Gasteiger charge is 2.34. The first kappa shape index (κ1) is 26.6. The first-order valence-electron chi connectivity index (χ1n) is 12.9. The fraction of sp³-hybridized carbons (Fsp3) is 0.406. The van der Waals surface area contributed by atoms with E-state index < -0.39 is 0 Å². The number of benzene rings is 2. The number of amides is 1. The van der Waals surface area contributed by atoms with Crippen molar-refractivity contribution in [3.05, 3.63) is 94.0 Å². The number of fused-ring (bicyclic) bond motifs is 1. The Kier molecular flexibility index (Phi) is 7.54. The van der Waals surface area contributed by atoms with Crippen LogP contribution in [-0.4, -0.2) is 31.6 Å². The lowest BCUT2D eigenvalue weighted by Gasteiger charge is -2.37. The number of rotatable bonds is 7. The van der Waals surface area contributed by atoms with Gasteiger partial charge in [0.25, 0.3) is 5.91 Å². The number of furan rings is 1. The van der Waals surface area contributed by atoms with Crippen LogP contribution in [0.25, 0.3) is 0 Å². The van der Waals surface area contributed by atoms with Gasteiger partial charge in [0.1, 0.15) is 5.76 Å². The Bertz CT molecular complexity index is 1310.